The van der Waals surface area contributed by atoms with Crippen molar-refractivity contribution in [1.82, 2.24) is 0 Å². The smallest absolute Gasteiger partial charge is 0.336 e. The molecule has 2 aromatic carbocycles. The highest BCUT2D eigenvalue weighted by Crippen LogP contribution is 2.45. The molecule has 0 aromatic heterocycles. The van der Waals surface area contributed by atoms with Crippen LogP contribution in [0.4, 0.5) is 5.69 Å². The van der Waals surface area contributed by atoms with Gasteiger partial charge in [-0.15, -0.1) is 0 Å². The summed E-state index contributed by atoms with van der Waals surface area (Å²) in [6, 6.07) is 7.10. The maximum Gasteiger partial charge on any atom is 0.336 e. The molecule has 0 fully saturated rings. The van der Waals surface area contributed by atoms with E-state index >= 15 is 0 Å². The van der Waals surface area contributed by atoms with Crippen molar-refractivity contribution >= 4 is 48.8 Å². The average molecular weight is 532 g/mol. The van der Waals surface area contributed by atoms with E-state index < -0.39 is 75.5 Å². The fourth-order valence-corrected chi connectivity index (χ4v) is 5.32. The zero-order valence-electron chi connectivity index (χ0n) is 17.5. The molecule has 0 atom stereocenters. The Hall–Kier alpha value is -4.31. The lowest BCUT2D eigenvalue weighted by molar-refractivity contribution is -0.255. The van der Waals surface area contributed by atoms with Gasteiger partial charge >= 0.3 is 5.97 Å². The first-order valence-electron chi connectivity index (χ1n) is 9.52. The number of carboxylic acids is 2. The Bertz CT molecular complexity index is 1870. The molecule has 1 aliphatic heterocycles. The second-order valence-electron chi connectivity index (χ2n) is 7.44. The molecule has 0 spiro atoms. The fraction of sp³-hybridized carbons (Fsp3) is 0. The number of rotatable bonds is 5. The van der Waals surface area contributed by atoms with Crippen LogP contribution >= 0.6 is 0 Å². The number of hydrogen-bond acceptors (Lipinski definition) is 11. The summed E-state index contributed by atoms with van der Waals surface area (Å²) in [7, 11) is -10.5. The third kappa shape index (κ3) is 3.95. The Morgan fingerprint density at radius 1 is 0.972 bits per heavy atom. The number of nitrogen functional groups attached to an aromatic ring is 1. The highest BCUT2D eigenvalue weighted by molar-refractivity contribution is 7.86. The van der Waals surface area contributed by atoms with Crippen LogP contribution in [0.15, 0.2) is 56.7 Å². The Labute approximate surface area is 201 Å². The van der Waals surface area contributed by atoms with Crippen LogP contribution in [0.1, 0.15) is 20.7 Å². The predicted octanol–water partition coefficient (Wildman–Crippen LogP) is 0.479. The van der Waals surface area contributed by atoms with Crippen LogP contribution in [-0.4, -0.2) is 43.0 Å². The SMILES string of the molecule is N=c1ccc2c(-c3ccc(C(=O)[O-])cc3C(=O)O)c3ccc(N)c(S(=O)(=O)[O-])c3oc-2c1S(=O)(=O)O. The summed E-state index contributed by atoms with van der Waals surface area (Å²) in [6.45, 7) is 0. The molecule has 36 heavy (non-hydrogen) atoms. The summed E-state index contributed by atoms with van der Waals surface area (Å²) in [5.41, 5.74) is 2.55. The van der Waals surface area contributed by atoms with Crippen LogP contribution in [0.2, 0.25) is 0 Å². The molecule has 0 unspecified atom stereocenters. The second-order valence-corrected chi connectivity index (χ2v) is 10.1. The summed E-state index contributed by atoms with van der Waals surface area (Å²) < 4.78 is 75.5. The highest BCUT2D eigenvalue weighted by atomic mass is 32.2. The molecule has 0 amide bonds. The second kappa shape index (κ2) is 8.13. The first-order valence-corrected chi connectivity index (χ1v) is 12.4. The van der Waals surface area contributed by atoms with E-state index in [9.17, 15) is 45.7 Å². The van der Waals surface area contributed by atoms with E-state index in [-0.39, 0.29) is 22.1 Å². The maximum absolute atomic E-state index is 12.1. The Balaban J connectivity index is 2.37. The zero-order chi connectivity index (χ0) is 26.7. The minimum Gasteiger partial charge on any atom is -0.744 e. The normalized spacial score (nSPS) is 12.2. The number of anilines is 1. The molecule has 2 aliphatic rings. The van der Waals surface area contributed by atoms with Gasteiger partial charge in [0.15, 0.2) is 16.2 Å². The Kier molecular flexibility index (Phi) is 5.60. The molecule has 0 saturated carbocycles. The number of benzene rings is 3. The standard InChI is InChI=1S/C21H14N2O11S2/c22-13-5-3-10-15(9-2-1-8(20(24)25)7-12(9)21(26)27)11-4-6-14(23)19(36(31,32)33)17(11)34-16(10)18(13)35(28,29)30/h1-7,22H,23H2,(H,24,25)(H,26,27)(H,28,29,30)(H,31,32,33)/p-2. The van der Waals surface area contributed by atoms with Crippen LogP contribution in [0, 0.1) is 5.41 Å². The molecule has 2 aromatic rings. The quantitative estimate of drug-likeness (QED) is 0.155. The molecule has 0 bridgehead atoms. The van der Waals surface area contributed by atoms with E-state index in [1.807, 2.05) is 0 Å². The fourth-order valence-electron chi connectivity index (χ4n) is 3.85. The number of carbonyl (C=O) groups is 2. The van der Waals surface area contributed by atoms with Gasteiger partial charge in [0.2, 0.25) is 0 Å². The topological polar surface area (TPSA) is 252 Å². The van der Waals surface area contributed by atoms with Crippen molar-refractivity contribution in [2.75, 3.05) is 5.73 Å². The number of nitrogens with one attached hydrogen (secondary N) is 1. The largest absolute Gasteiger partial charge is 0.744 e. The molecule has 0 radical (unpaired) electrons. The van der Waals surface area contributed by atoms with Gasteiger partial charge in [-0.05, 0) is 41.5 Å². The van der Waals surface area contributed by atoms with Gasteiger partial charge in [-0.2, -0.15) is 8.42 Å². The Morgan fingerprint density at radius 2 is 1.61 bits per heavy atom. The van der Waals surface area contributed by atoms with Crippen molar-refractivity contribution in [3.63, 3.8) is 0 Å². The van der Waals surface area contributed by atoms with Crippen LogP contribution in [0.5, 0.6) is 0 Å². The van der Waals surface area contributed by atoms with Crippen molar-refractivity contribution in [3.05, 3.63) is 58.9 Å². The number of hydrogen-bond donors (Lipinski definition) is 4. The molecular formula is C21H12N2O11S2-2. The van der Waals surface area contributed by atoms with E-state index in [0.29, 0.717) is 0 Å². The third-order valence-corrected chi connectivity index (χ3v) is 7.10. The number of aromatic carboxylic acids is 2. The summed E-state index contributed by atoms with van der Waals surface area (Å²) in [4.78, 5) is 21.1. The average Bonchev–Trinajstić information content (AvgIpc) is 2.74. The van der Waals surface area contributed by atoms with E-state index in [2.05, 4.69) is 0 Å². The lowest BCUT2D eigenvalue weighted by Gasteiger charge is -2.21. The molecular weight excluding hydrogens is 520 g/mol. The van der Waals surface area contributed by atoms with Gasteiger partial charge in [0, 0.05) is 16.5 Å². The summed E-state index contributed by atoms with van der Waals surface area (Å²) >= 11 is 0. The molecule has 13 nitrogen and oxygen atoms in total. The molecule has 5 N–H and O–H groups in total. The van der Waals surface area contributed by atoms with E-state index in [4.69, 9.17) is 15.6 Å². The van der Waals surface area contributed by atoms with Gasteiger partial charge in [-0.25, -0.2) is 13.2 Å². The first-order chi connectivity index (χ1) is 16.6. The number of fused-ring (bicyclic) bond motifs is 2. The first kappa shape index (κ1) is 24.8. The van der Waals surface area contributed by atoms with Gasteiger partial charge in [0.05, 0.1) is 22.6 Å². The lowest BCUT2D eigenvalue weighted by atomic mass is 9.89. The van der Waals surface area contributed by atoms with Crippen LogP contribution in [0.25, 0.3) is 33.4 Å². The van der Waals surface area contributed by atoms with E-state index in [0.717, 1.165) is 36.4 Å². The molecule has 15 heteroatoms. The number of carboxylic acid groups (broad SMARTS) is 2. The van der Waals surface area contributed by atoms with E-state index in [1.54, 1.807) is 0 Å². The third-order valence-electron chi connectivity index (χ3n) is 5.26. The van der Waals surface area contributed by atoms with Crippen molar-refractivity contribution < 1.29 is 50.2 Å². The van der Waals surface area contributed by atoms with Crippen molar-refractivity contribution in [3.8, 4) is 22.5 Å². The number of nitrogens with two attached hydrogens (primary N) is 1. The number of carbonyl (C=O) groups excluding carboxylic acids is 1. The lowest BCUT2D eigenvalue weighted by Crippen LogP contribution is -2.22. The highest BCUT2D eigenvalue weighted by Gasteiger charge is 2.30. The van der Waals surface area contributed by atoms with E-state index in [1.165, 1.54) is 6.07 Å². The molecule has 1 aliphatic carbocycles. The monoisotopic (exact) mass is 532 g/mol. The summed E-state index contributed by atoms with van der Waals surface area (Å²) in [5.74, 6) is -4.08. The van der Waals surface area contributed by atoms with Gasteiger partial charge in [-0.1, -0.05) is 12.1 Å². The van der Waals surface area contributed by atoms with Gasteiger partial charge in [0.1, 0.15) is 15.0 Å². The summed E-state index contributed by atoms with van der Waals surface area (Å²) in [6.07, 6.45) is 0. The minimum absolute atomic E-state index is 0.205. The van der Waals surface area contributed by atoms with Crippen molar-refractivity contribution in [2.24, 2.45) is 0 Å². The van der Waals surface area contributed by atoms with Crippen LogP contribution in [-0.2, 0) is 20.2 Å². The molecule has 1 heterocycles. The molecule has 0 saturated heterocycles. The molecule has 186 valence electrons. The summed E-state index contributed by atoms with van der Waals surface area (Å²) in [5, 5.41) is 28.0. The Morgan fingerprint density at radius 3 is 2.17 bits per heavy atom. The van der Waals surface area contributed by atoms with Gasteiger partial charge in [0.25, 0.3) is 10.1 Å². The van der Waals surface area contributed by atoms with Crippen molar-refractivity contribution in [1.29, 1.82) is 5.41 Å². The zero-order valence-corrected chi connectivity index (χ0v) is 19.1. The van der Waals surface area contributed by atoms with Crippen molar-refractivity contribution in [2.45, 2.75) is 9.79 Å². The maximum atomic E-state index is 12.1. The van der Waals surface area contributed by atoms with Gasteiger partial charge in [-0.3, -0.25) is 9.96 Å². The molecule has 4 rings (SSSR count). The van der Waals surface area contributed by atoms with Crippen LogP contribution < -0.4 is 16.2 Å². The predicted molar refractivity (Wildman–Crippen MR) is 118 cm³/mol. The van der Waals surface area contributed by atoms with Crippen LogP contribution in [0.3, 0.4) is 0 Å². The minimum atomic E-state index is -5.36. The van der Waals surface area contributed by atoms with Gasteiger partial charge < -0.3 is 29.7 Å².